The highest BCUT2D eigenvalue weighted by Gasteiger charge is 2.21. The van der Waals surface area contributed by atoms with E-state index in [2.05, 4.69) is 10.2 Å². The van der Waals surface area contributed by atoms with E-state index in [1.807, 2.05) is 54.6 Å². The minimum absolute atomic E-state index is 0.0322. The summed E-state index contributed by atoms with van der Waals surface area (Å²) in [6.45, 7) is 0.411. The summed E-state index contributed by atoms with van der Waals surface area (Å²) in [5.74, 6) is 1.06. The van der Waals surface area contributed by atoms with Crippen LogP contribution in [0.3, 0.4) is 0 Å². The average molecular weight is 414 g/mol. The Morgan fingerprint density at radius 3 is 2.55 bits per heavy atom. The zero-order valence-corrected chi connectivity index (χ0v) is 17.3. The summed E-state index contributed by atoms with van der Waals surface area (Å²) in [4.78, 5) is 14.4. The molecule has 2 aromatic carbocycles. The number of rotatable bonds is 9. The topological polar surface area (TPSA) is 68.5 Å². The number of amides is 1. The maximum atomic E-state index is 12.7. The van der Waals surface area contributed by atoms with Crippen LogP contribution in [0.25, 0.3) is 11.5 Å². The van der Waals surface area contributed by atoms with Gasteiger partial charge in [-0.15, -0.1) is 10.2 Å². The minimum Gasteiger partial charge on any atom is -0.421 e. The largest absolute Gasteiger partial charge is 0.421 e. The lowest BCUT2D eigenvalue weighted by Gasteiger charge is -2.28. The van der Waals surface area contributed by atoms with Gasteiger partial charge in [0.25, 0.3) is 0 Å². The highest BCUT2D eigenvalue weighted by atomic mass is 35.5. The molecule has 1 heterocycles. The Balaban J connectivity index is 1.55. The van der Waals surface area contributed by atoms with E-state index < -0.39 is 0 Å². The van der Waals surface area contributed by atoms with Gasteiger partial charge in [0.05, 0.1) is 12.6 Å². The SMILES string of the molecule is COCC(c1ccc(Cl)cc1)N(C)C(=O)CCCc1nnc(-c2ccccc2)o1. The third kappa shape index (κ3) is 5.65. The van der Waals surface area contributed by atoms with Crippen molar-refractivity contribution in [2.75, 3.05) is 20.8 Å². The molecule has 0 fully saturated rings. The molecule has 0 bridgehead atoms. The third-order valence-electron chi connectivity index (χ3n) is 4.71. The number of ether oxygens (including phenoxy) is 1. The van der Waals surface area contributed by atoms with E-state index in [-0.39, 0.29) is 11.9 Å². The van der Waals surface area contributed by atoms with Crippen molar-refractivity contribution in [2.24, 2.45) is 0 Å². The fraction of sp³-hybridized carbons (Fsp3) is 0.318. The number of carbonyl (C=O) groups is 1. The van der Waals surface area contributed by atoms with Crippen LogP contribution in [0.1, 0.15) is 30.3 Å². The lowest BCUT2D eigenvalue weighted by atomic mass is 10.1. The van der Waals surface area contributed by atoms with Crippen molar-refractivity contribution >= 4 is 17.5 Å². The van der Waals surface area contributed by atoms with E-state index in [4.69, 9.17) is 20.8 Å². The molecule has 29 heavy (non-hydrogen) atoms. The van der Waals surface area contributed by atoms with Crippen LogP contribution < -0.4 is 0 Å². The molecule has 0 N–H and O–H groups in total. The normalized spacial score (nSPS) is 12.0. The van der Waals surface area contributed by atoms with Gasteiger partial charge in [0.15, 0.2) is 0 Å². The van der Waals surface area contributed by atoms with Gasteiger partial charge in [0.1, 0.15) is 0 Å². The zero-order chi connectivity index (χ0) is 20.6. The number of methoxy groups -OCH3 is 1. The molecule has 3 aromatic rings. The van der Waals surface area contributed by atoms with Gasteiger partial charge in [0.2, 0.25) is 17.7 Å². The summed E-state index contributed by atoms with van der Waals surface area (Å²) in [6, 6.07) is 16.9. The molecule has 1 unspecified atom stereocenters. The van der Waals surface area contributed by atoms with E-state index >= 15 is 0 Å². The number of hydrogen-bond donors (Lipinski definition) is 0. The summed E-state index contributed by atoms with van der Waals surface area (Å²) in [6.07, 6.45) is 1.56. The van der Waals surface area contributed by atoms with Gasteiger partial charge in [-0.05, 0) is 36.2 Å². The van der Waals surface area contributed by atoms with Crippen LogP contribution in [0.15, 0.2) is 59.0 Å². The van der Waals surface area contributed by atoms with E-state index in [1.54, 1.807) is 19.1 Å². The molecule has 1 atom stereocenters. The first-order valence-corrected chi connectivity index (χ1v) is 9.84. The maximum Gasteiger partial charge on any atom is 0.247 e. The van der Waals surface area contributed by atoms with E-state index in [1.165, 1.54) is 0 Å². The molecule has 7 heteroatoms. The Kier molecular flexibility index (Phi) is 7.38. The van der Waals surface area contributed by atoms with Crippen LogP contribution in [-0.2, 0) is 16.0 Å². The first-order valence-electron chi connectivity index (χ1n) is 9.46. The van der Waals surface area contributed by atoms with Crippen molar-refractivity contribution < 1.29 is 13.9 Å². The molecule has 0 saturated carbocycles. The molecule has 1 amide bonds. The van der Waals surface area contributed by atoms with E-state index in [0.29, 0.717) is 42.7 Å². The lowest BCUT2D eigenvalue weighted by Crippen LogP contribution is -2.33. The number of aryl methyl sites for hydroxylation is 1. The van der Waals surface area contributed by atoms with Crippen molar-refractivity contribution in [1.29, 1.82) is 0 Å². The first-order chi connectivity index (χ1) is 14.1. The van der Waals surface area contributed by atoms with Crippen molar-refractivity contribution in [3.63, 3.8) is 0 Å². The smallest absolute Gasteiger partial charge is 0.247 e. The Hall–Kier alpha value is -2.70. The Morgan fingerprint density at radius 2 is 1.86 bits per heavy atom. The number of halogens is 1. The molecule has 3 rings (SSSR count). The first kappa shape index (κ1) is 21.0. The fourth-order valence-corrected chi connectivity index (χ4v) is 3.19. The highest BCUT2D eigenvalue weighted by Crippen LogP contribution is 2.23. The average Bonchev–Trinajstić information content (AvgIpc) is 3.22. The summed E-state index contributed by atoms with van der Waals surface area (Å²) in [5.41, 5.74) is 1.86. The van der Waals surface area contributed by atoms with Crippen molar-refractivity contribution in [1.82, 2.24) is 15.1 Å². The summed E-state index contributed by atoms with van der Waals surface area (Å²) < 4.78 is 11.0. The summed E-state index contributed by atoms with van der Waals surface area (Å²) >= 11 is 5.97. The van der Waals surface area contributed by atoms with Crippen LogP contribution >= 0.6 is 11.6 Å². The number of likely N-dealkylation sites (N-methyl/N-ethyl adjacent to an activating group) is 1. The van der Waals surface area contributed by atoms with Crippen LogP contribution in [0.5, 0.6) is 0 Å². The second kappa shape index (κ2) is 10.2. The second-order valence-corrected chi connectivity index (χ2v) is 7.18. The van der Waals surface area contributed by atoms with Gasteiger partial charge in [-0.25, -0.2) is 0 Å². The van der Waals surface area contributed by atoms with Crippen LogP contribution in [0.4, 0.5) is 0 Å². The van der Waals surface area contributed by atoms with Crippen LogP contribution in [-0.4, -0.2) is 41.8 Å². The number of hydrogen-bond acceptors (Lipinski definition) is 5. The Bertz CT molecular complexity index is 913. The number of aromatic nitrogens is 2. The Labute approximate surface area is 175 Å². The quantitative estimate of drug-likeness (QED) is 0.514. The summed E-state index contributed by atoms with van der Waals surface area (Å²) in [5, 5.41) is 8.82. The zero-order valence-electron chi connectivity index (χ0n) is 16.5. The molecule has 1 aromatic heterocycles. The number of benzene rings is 2. The Morgan fingerprint density at radius 1 is 1.14 bits per heavy atom. The lowest BCUT2D eigenvalue weighted by molar-refractivity contribution is -0.133. The van der Waals surface area contributed by atoms with Gasteiger partial charge < -0.3 is 14.1 Å². The predicted molar refractivity (Wildman–Crippen MR) is 112 cm³/mol. The third-order valence-corrected chi connectivity index (χ3v) is 4.96. The molecule has 0 spiro atoms. The molecular formula is C22H24ClN3O3. The van der Waals surface area contributed by atoms with Gasteiger partial charge in [-0.3, -0.25) is 4.79 Å². The molecule has 0 aliphatic rings. The molecule has 0 saturated heterocycles. The standard InChI is InChI=1S/C22H24ClN3O3/c1-26(19(15-28-2)16-11-13-18(23)14-12-16)21(27)10-6-9-20-24-25-22(29-20)17-7-4-3-5-8-17/h3-5,7-8,11-14,19H,6,9-10,15H2,1-2H3. The van der Waals surface area contributed by atoms with Gasteiger partial charge in [-0.1, -0.05) is 41.9 Å². The second-order valence-electron chi connectivity index (χ2n) is 6.75. The van der Waals surface area contributed by atoms with Crippen molar-refractivity contribution in [3.8, 4) is 11.5 Å². The van der Waals surface area contributed by atoms with Crippen molar-refractivity contribution in [3.05, 3.63) is 71.1 Å². The van der Waals surface area contributed by atoms with Crippen LogP contribution in [0.2, 0.25) is 5.02 Å². The van der Waals surface area contributed by atoms with Gasteiger partial charge in [0, 0.05) is 37.6 Å². The van der Waals surface area contributed by atoms with E-state index in [9.17, 15) is 4.79 Å². The number of carbonyl (C=O) groups excluding carboxylic acids is 1. The molecule has 6 nitrogen and oxygen atoms in total. The van der Waals surface area contributed by atoms with Gasteiger partial charge in [-0.2, -0.15) is 0 Å². The maximum absolute atomic E-state index is 12.7. The highest BCUT2D eigenvalue weighted by molar-refractivity contribution is 6.30. The fourth-order valence-electron chi connectivity index (χ4n) is 3.07. The predicted octanol–water partition coefficient (Wildman–Crippen LogP) is 4.56. The molecule has 0 aliphatic heterocycles. The summed E-state index contributed by atoms with van der Waals surface area (Å²) in [7, 11) is 3.42. The monoisotopic (exact) mass is 413 g/mol. The van der Waals surface area contributed by atoms with E-state index in [0.717, 1.165) is 11.1 Å². The van der Waals surface area contributed by atoms with Crippen LogP contribution in [0, 0.1) is 0 Å². The van der Waals surface area contributed by atoms with Gasteiger partial charge >= 0.3 is 0 Å². The minimum atomic E-state index is -0.169. The molecular weight excluding hydrogens is 390 g/mol. The number of nitrogens with zero attached hydrogens (tertiary/aromatic N) is 3. The molecule has 0 radical (unpaired) electrons. The molecule has 152 valence electrons. The van der Waals surface area contributed by atoms with Crippen molar-refractivity contribution in [2.45, 2.75) is 25.3 Å². The molecule has 0 aliphatic carbocycles.